The first-order valence-electron chi connectivity index (χ1n) is 5.51. The van der Waals surface area contributed by atoms with Crippen LogP contribution in [0.1, 0.15) is 5.56 Å². The highest BCUT2D eigenvalue weighted by Crippen LogP contribution is 2.27. The van der Waals surface area contributed by atoms with Gasteiger partial charge in [0.2, 0.25) is 10.0 Å². The molecule has 0 spiro atoms. The average Bonchev–Trinajstić information content (AvgIpc) is 2.39. The van der Waals surface area contributed by atoms with E-state index in [4.69, 9.17) is 0 Å². The maximum atomic E-state index is 12.4. The lowest BCUT2D eigenvalue weighted by atomic mass is 10.2. The largest absolute Gasteiger partial charge is 0.383 e. The molecule has 1 aromatic rings. The average molecular weight is 252 g/mol. The quantitative estimate of drug-likeness (QED) is 0.813. The lowest BCUT2D eigenvalue weighted by Crippen LogP contribution is -2.32. The molecule has 0 aromatic heterocycles. The first-order valence-corrected chi connectivity index (χ1v) is 6.95. The third-order valence-electron chi connectivity index (χ3n) is 2.76. The molecule has 0 aliphatic carbocycles. The van der Waals surface area contributed by atoms with Crippen LogP contribution < -0.4 is 5.32 Å². The maximum absolute atomic E-state index is 12.4. The van der Waals surface area contributed by atoms with Gasteiger partial charge in [0.1, 0.15) is 4.90 Å². The molecule has 0 bridgehead atoms. The molecule has 1 aromatic carbocycles. The van der Waals surface area contributed by atoms with Gasteiger partial charge in [-0.1, -0.05) is 12.1 Å². The van der Waals surface area contributed by atoms with Crippen molar-refractivity contribution in [2.24, 2.45) is 0 Å². The van der Waals surface area contributed by atoms with Crippen LogP contribution in [0, 0.1) is 6.92 Å². The highest BCUT2D eigenvalue weighted by Gasteiger charge is 2.28. The fourth-order valence-corrected chi connectivity index (χ4v) is 3.56. The van der Waals surface area contributed by atoms with Crippen LogP contribution in [0.25, 0.3) is 0 Å². The lowest BCUT2D eigenvalue weighted by Gasteiger charge is -2.17. The maximum Gasteiger partial charge on any atom is 0.245 e. The smallest absolute Gasteiger partial charge is 0.245 e. The Morgan fingerprint density at radius 3 is 3.00 bits per heavy atom. The molecule has 0 radical (unpaired) electrons. The molecule has 1 heterocycles. The molecule has 1 aliphatic rings. The summed E-state index contributed by atoms with van der Waals surface area (Å²) in [6, 6.07) is 5.43. The van der Waals surface area contributed by atoms with E-state index in [1.54, 1.807) is 12.1 Å². The predicted molar refractivity (Wildman–Crippen MR) is 68.6 cm³/mol. The number of rotatable bonds is 2. The van der Waals surface area contributed by atoms with E-state index in [1.807, 2.05) is 19.1 Å². The third kappa shape index (κ3) is 2.21. The second-order valence-corrected chi connectivity index (χ2v) is 5.98. The third-order valence-corrected chi connectivity index (χ3v) is 4.67. The fraction of sp³-hybridized carbons (Fsp3) is 0.333. The number of sulfonamides is 1. The summed E-state index contributed by atoms with van der Waals surface area (Å²) >= 11 is 0. The molecule has 1 aliphatic heterocycles. The van der Waals surface area contributed by atoms with Gasteiger partial charge in [0.05, 0.1) is 5.69 Å². The van der Waals surface area contributed by atoms with E-state index in [0.29, 0.717) is 30.2 Å². The molecule has 92 valence electrons. The molecule has 0 fully saturated rings. The van der Waals surface area contributed by atoms with Gasteiger partial charge in [0.25, 0.3) is 0 Å². The van der Waals surface area contributed by atoms with Crippen LogP contribution in [0.3, 0.4) is 0 Å². The molecule has 0 saturated heterocycles. The number of hydrogen-bond donors (Lipinski definition) is 1. The lowest BCUT2D eigenvalue weighted by molar-refractivity contribution is 0.458. The Balaban J connectivity index is 2.56. The highest BCUT2D eigenvalue weighted by molar-refractivity contribution is 7.89. The van der Waals surface area contributed by atoms with Crippen molar-refractivity contribution in [3.63, 3.8) is 0 Å². The topological polar surface area (TPSA) is 49.4 Å². The van der Waals surface area contributed by atoms with Gasteiger partial charge in [-0.15, -0.1) is 6.58 Å². The molecule has 0 unspecified atom stereocenters. The minimum atomic E-state index is -3.40. The van der Waals surface area contributed by atoms with Gasteiger partial charge in [0, 0.05) is 19.6 Å². The molecule has 1 N–H and O–H groups in total. The Morgan fingerprint density at radius 2 is 2.29 bits per heavy atom. The zero-order chi connectivity index (χ0) is 12.5. The van der Waals surface area contributed by atoms with Crippen LogP contribution in [0.4, 0.5) is 5.69 Å². The summed E-state index contributed by atoms with van der Waals surface area (Å²) < 4.78 is 26.3. The summed E-state index contributed by atoms with van der Waals surface area (Å²) in [7, 11) is -3.40. The van der Waals surface area contributed by atoms with Crippen LogP contribution in [0.2, 0.25) is 0 Å². The first-order chi connectivity index (χ1) is 8.05. The van der Waals surface area contributed by atoms with Gasteiger partial charge in [0.15, 0.2) is 0 Å². The Labute approximate surface area is 102 Å². The number of aryl methyl sites for hydroxylation is 1. The Kier molecular flexibility index (Phi) is 3.22. The summed E-state index contributed by atoms with van der Waals surface area (Å²) in [5, 5.41) is 3.14. The van der Waals surface area contributed by atoms with E-state index in [0.717, 1.165) is 5.56 Å². The van der Waals surface area contributed by atoms with Gasteiger partial charge in [-0.25, -0.2) is 8.42 Å². The van der Waals surface area contributed by atoms with Crippen molar-refractivity contribution in [1.29, 1.82) is 0 Å². The molecular weight excluding hydrogens is 236 g/mol. The number of fused-ring (bicyclic) bond motifs is 1. The molecule has 0 amide bonds. The Bertz CT molecular complexity index is 537. The van der Waals surface area contributed by atoms with E-state index in [-0.39, 0.29) is 0 Å². The number of nitrogens with zero attached hydrogens (tertiary/aromatic N) is 1. The Morgan fingerprint density at radius 1 is 1.53 bits per heavy atom. The monoisotopic (exact) mass is 252 g/mol. The van der Waals surface area contributed by atoms with Gasteiger partial charge in [-0.2, -0.15) is 4.31 Å². The molecule has 2 rings (SSSR count). The Hall–Kier alpha value is -1.33. The standard InChI is InChI=1S/C12H16N2O2S/c1-3-7-14-8-6-13-11-5-4-10(2)9-12(11)17(14,15)16/h3-5,9,13H,1,6-8H2,2H3. The van der Waals surface area contributed by atoms with Crippen LogP contribution in [-0.4, -0.2) is 32.4 Å². The number of nitrogens with one attached hydrogen (secondary N) is 1. The summed E-state index contributed by atoms with van der Waals surface area (Å²) in [5.41, 5.74) is 1.62. The van der Waals surface area contributed by atoms with E-state index in [9.17, 15) is 8.42 Å². The second-order valence-electron chi connectivity index (χ2n) is 4.08. The van der Waals surface area contributed by atoms with Gasteiger partial charge in [-0.3, -0.25) is 0 Å². The molecule has 0 atom stereocenters. The summed E-state index contributed by atoms with van der Waals surface area (Å²) in [5.74, 6) is 0. The molecule has 0 saturated carbocycles. The van der Waals surface area contributed by atoms with Crippen molar-refractivity contribution in [3.8, 4) is 0 Å². The van der Waals surface area contributed by atoms with Gasteiger partial charge in [-0.05, 0) is 24.6 Å². The van der Waals surface area contributed by atoms with Crippen molar-refractivity contribution in [2.75, 3.05) is 25.0 Å². The van der Waals surface area contributed by atoms with Crippen molar-refractivity contribution >= 4 is 15.7 Å². The van der Waals surface area contributed by atoms with Crippen molar-refractivity contribution < 1.29 is 8.42 Å². The summed E-state index contributed by atoms with van der Waals surface area (Å²) in [6.45, 7) is 6.90. The number of benzene rings is 1. The van der Waals surface area contributed by atoms with Crippen LogP contribution in [-0.2, 0) is 10.0 Å². The minimum Gasteiger partial charge on any atom is -0.383 e. The van der Waals surface area contributed by atoms with Crippen molar-refractivity contribution in [1.82, 2.24) is 4.31 Å². The normalized spacial score (nSPS) is 18.9. The SMILES string of the molecule is C=CCN1CCNc2ccc(C)cc2S1(=O)=O. The first kappa shape index (κ1) is 12.1. The zero-order valence-electron chi connectivity index (χ0n) is 9.81. The van der Waals surface area contributed by atoms with Crippen LogP contribution >= 0.6 is 0 Å². The molecule has 4 nitrogen and oxygen atoms in total. The predicted octanol–water partition coefficient (Wildman–Crippen LogP) is 1.60. The minimum absolute atomic E-state index is 0.345. The van der Waals surface area contributed by atoms with Crippen LogP contribution in [0.15, 0.2) is 35.7 Å². The molecular formula is C12H16N2O2S. The highest BCUT2D eigenvalue weighted by atomic mass is 32.2. The van der Waals surface area contributed by atoms with Crippen molar-refractivity contribution in [2.45, 2.75) is 11.8 Å². The number of anilines is 1. The summed E-state index contributed by atoms with van der Waals surface area (Å²) in [6.07, 6.45) is 1.61. The van der Waals surface area contributed by atoms with E-state index in [2.05, 4.69) is 11.9 Å². The number of hydrogen-bond acceptors (Lipinski definition) is 3. The molecule has 5 heteroatoms. The zero-order valence-corrected chi connectivity index (χ0v) is 10.6. The van der Waals surface area contributed by atoms with Gasteiger partial charge >= 0.3 is 0 Å². The van der Waals surface area contributed by atoms with E-state index < -0.39 is 10.0 Å². The van der Waals surface area contributed by atoms with E-state index in [1.165, 1.54) is 4.31 Å². The second kappa shape index (κ2) is 4.50. The summed E-state index contributed by atoms with van der Waals surface area (Å²) in [4.78, 5) is 0.358. The van der Waals surface area contributed by atoms with Gasteiger partial charge < -0.3 is 5.32 Å². The molecule has 17 heavy (non-hydrogen) atoms. The van der Waals surface area contributed by atoms with E-state index >= 15 is 0 Å². The van der Waals surface area contributed by atoms with Crippen molar-refractivity contribution in [3.05, 3.63) is 36.4 Å². The fourth-order valence-electron chi connectivity index (χ4n) is 1.90. The van der Waals surface area contributed by atoms with Crippen LogP contribution in [0.5, 0.6) is 0 Å².